The van der Waals surface area contributed by atoms with Crippen molar-refractivity contribution in [3.8, 4) is 10.6 Å². The van der Waals surface area contributed by atoms with Gasteiger partial charge in [0, 0.05) is 12.1 Å². The maximum absolute atomic E-state index is 13.3. The lowest BCUT2D eigenvalue weighted by atomic mass is 10.2. The van der Waals surface area contributed by atoms with E-state index in [9.17, 15) is 4.39 Å². The van der Waals surface area contributed by atoms with Crippen LogP contribution in [0.5, 0.6) is 0 Å². The lowest BCUT2D eigenvalue weighted by molar-refractivity contribution is 0.628. The van der Waals surface area contributed by atoms with Crippen LogP contribution in [0.25, 0.3) is 10.6 Å². The third-order valence-electron chi connectivity index (χ3n) is 2.18. The van der Waals surface area contributed by atoms with Gasteiger partial charge >= 0.3 is 0 Å². The highest BCUT2D eigenvalue weighted by Crippen LogP contribution is 2.31. The van der Waals surface area contributed by atoms with Gasteiger partial charge in [0.15, 0.2) is 0 Å². The second-order valence-corrected chi connectivity index (χ2v) is 4.82. The lowest BCUT2D eigenvalue weighted by Gasteiger charge is -1.99. The first-order valence-electron chi connectivity index (χ1n) is 5.20. The molecule has 17 heavy (non-hydrogen) atoms. The first kappa shape index (κ1) is 12.4. The van der Waals surface area contributed by atoms with Gasteiger partial charge in [0.25, 0.3) is 0 Å². The van der Waals surface area contributed by atoms with Crippen LogP contribution >= 0.6 is 22.9 Å². The number of hydrogen-bond acceptors (Lipinski definition) is 4. The van der Waals surface area contributed by atoms with E-state index in [0.717, 1.165) is 11.6 Å². The average Bonchev–Trinajstić information content (AvgIpc) is 2.78. The largest absolute Gasteiger partial charge is 0.311 e. The molecule has 0 atom stereocenters. The maximum atomic E-state index is 13.3. The molecule has 0 aliphatic heterocycles. The molecule has 0 radical (unpaired) electrons. The van der Waals surface area contributed by atoms with Crippen molar-refractivity contribution in [3.05, 3.63) is 34.0 Å². The van der Waals surface area contributed by atoms with Gasteiger partial charge in [-0.25, -0.2) is 4.39 Å². The van der Waals surface area contributed by atoms with E-state index in [1.54, 1.807) is 12.1 Å². The third-order valence-corrected chi connectivity index (χ3v) is 3.52. The molecule has 0 aliphatic rings. The zero-order valence-corrected chi connectivity index (χ0v) is 10.8. The first-order valence-corrected chi connectivity index (χ1v) is 6.39. The number of nitrogens with zero attached hydrogens (tertiary/aromatic N) is 2. The van der Waals surface area contributed by atoms with Crippen molar-refractivity contribution in [1.82, 2.24) is 15.5 Å². The van der Waals surface area contributed by atoms with Gasteiger partial charge in [0.2, 0.25) is 0 Å². The van der Waals surface area contributed by atoms with Crippen LogP contribution < -0.4 is 5.32 Å². The quantitative estimate of drug-likeness (QED) is 0.929. The van der Waals surface area contributed by atoms with Crippen molar-refractivity contribution < 1.29 is 4.39 Å². The number of hydrogen-bond donors (Lipinski definition) is 1. The van der Waals surface area contributed by atoms with Crippen LogP contribution in [0.3, 0.4) is 0 Å². The fraction of sp³-hybridized carbons (Fsp3) is 0.273. The van der Waals surface area contributed by atoms with E-state index in [2.05, 4.69) is 15.5 Å². The molecule has 0 bridgehead atoms. The molecule has 0 fully saturated rings. The lowest BCUT2D eigenvalue weighted by Crippen LogP contribution is -2.11. The van der Waals surface area contributed by atoms with Gasteiger partial charge < -0.3 is 5.32 Å². The second kappa shape index (κ2) is 5.53. The Balaban J connectivity index is 2.27. The molecule has 0 unspecified atom stereocenters. The molecule has 1 aromatic carbocycles. The van der Waals surface area contributed by atoms with E-state index in [1.165, 1.54) is 17.4 Å². The Hall–Kier alpha value is -1.04. The van der Waals surface area contributed by atoms with Crippen molar-refractivity contribution in [3.63, 3.8) is 0 Å². The molecular formula is C11H11ClFN3S. The molecule has 90 valence electrons. The summed E-state index contributed by atoms with van der Waals surface area (Å²) in [6.07, 6.45) is 0. The van der Waals surface area contributed by atoms with E-state index in [0.29, 0.717) is 17.1 Å². The molecule has 1 heterocycles. The van der Waals surface area contributed by atoms with Crippen LogP contribution in [0.2, 0.25) is 5.02 Å². The molecule has 0 spiro atoms. The van der Waals surface area contributed by atoms with Gasteiger partial charge in [-0.15, -0.1) is 10.2 Å². The van der Waals surface area contributed by atoms with Crippen LogP contribution in [0.15, 0.2) is 18.2 Å². The van der Waals surface area contributed by atoms with Crippen molar-refractivity contribution in [2.45, 2.75) is 13.5 Å². The molecular weight excluding hydrogens is 261 g/mol. The monoisotopic (exact) mass is 271 g/mol. The summed E-state index contributed by atoms with van der Waals surface area (Å²) in [6.45, 7) is 3.56. The van der Waals surface area contributed by atoms with Crippen LogP contribution in [-0.2, 0) is 6.54 Å². The second-order valence-electron chi connectivity index (χ2n) is 3.38. The highest BCUT2D eigenvalue weighted by atomic mass is 35.5. The SMILES string of the molecule is CCNCc1nnc(-c2cccc(F)c2Cl)s1. The number of nitrogens with one attached hydrogen (secondary N) is 1. The molecule has 2 rings (SSSR count). The molecule has 6 heteroatoms. The van der Waals surface area contributed by atoms with Gasteiger partial charge in [-0.05, 0) is 12.6 Å². The fourth-order valence-corrected chi connectivity index (χ4v) is 2.45. The molecule has 2 aromatic rings. The Labute approximate surface area is 108 Å². The van der Waals surface area contributed by atoms with Crippen molar-refractivity contribution in [1.29, 1.82) is 0 Å². The predicted molar refractivity (Wildman–Crippen MR) is 67.7 cm³/mol. The molecule has 0 amide bonds. The average molecular weight is 272 g/mol. The van der Waals surface area contributed by atoms with Crippen molar-refractivity contribution >= 4 is 22.9 Å². The highest BCUT2D eigenvalue weighted by Gasteiger charge is 2.12. The molecule has 0 saturated carbocycles. The van der Waals surface area contributed by atoms with Crippen LogP contribution in [0.1, 0.15) is 11.9 Å². The standard InChI is InChI=1S/C11H11ClFN3S/c1-2-14-6-9-15-16-11(17-9)7-4-3-5-8(13)10(7)12/h3-5,14H,2,6H2,1H3. The number of rotatable bonds is 4. The summed E-state index contributed by atoms with van der Waals surface area (Å²) in [5.74, 6) is -0.437. The molecule has 0 saturated heterocycles. The zero-order valence-electron chi connectivity index (χ0n) is 9.20. The predicted octanol–water partition coefficient (Wildman–Crippen LogP) is 3.11. The summed E-state index contributed by atoms with van der Waals surface area (Å²) < 4.78 is 13.3. The van der Waals surface area contributed by atoms with E-state index in [1.807, 2.05) is 6.92 Å². The topological polar surface area (TPSA) is 37.8 Å². The Morgan fingerprint density at radius 1 is 1.41 bits per heavy atom. The zero-order chi connectivity index (χ0) is 12.3. The summed E-state index contributed by atoms with van der Waals surface area (Å²) in [5, 5.41) is 12.8. The molecule has 3 nitrogen and oxygen atoms in total. The summed E-state index contributed by atoms with van der Waals surface area (Å²) >= 11 is 7.30. The van der Waals surface area contributed by atoms with Gasteiger partial charge in [-0.1, -0.05) is 42.0 Å². The summed E-state index contributed by atoms with van der Waals surface area (Å²) in [5.41, 5.74) is 0.590. The summed E-state index contributed by atoms with van der Waals surface area (Å²) in [6, 6.07) is 4.68. The molecule has 1 N–H and O–H groups in total. The van der Waals surface area contributed by atoms with Crippen LogP contribution in [0.4, 0.5) is 4.39 Å². The Bertz CT molecular complexity index is 515. The van der Waals surface area contributed by atoms with Gasteiger partial charge in [-0.3, -0.25) is 0 Å². The summed E-state index contributed by atoms with van der Waals surface area (Å²) in [4.78, 5) is 0. The number of halogens is 2. The molecule has 1 aromatic heterocycles. The van der Waals surface area contributed by atoms with Gasteiger partial charge in [0.05, 0.1) is 5.02 Å². The minimum Gasteiger partial charge on any atom is -0.311 e. The third kappa shape index (κ3) is 2.80. The normalized spacial score (nSPS) is 10.8. The molecule has 0 aliphatic carbocycles. The minimum absolute atomic E-state index is 0.0960. The fourth-order valence-electron chi connectivity index (χ4n) is 1.33. The van der Waals surface area contributed by atoms with Crippen molar-refractivity contribution in [2.24, 2.45) is 0 Å². The minimum atomic E-state index is -0.437. The number of benzene rings is 1. The van der Waals surface area contributed by atoms with E-state index in [4.69, 9.17) is 11.6 Å². The van der Waals surface area contributed by atoms with Crippen molar-refractivity contribution in [2.75, 3.05) is 6.54 Å². The highest BCUT2D eigenvalue weighted by molar-refractivity contribution is 7.14. The van der Waals surface area contributed by atoms with Crippen LogP contribution in [-0.4, -0.2) is 16.7 Å². The first-order chi connectivity index (χ1) is 8.22. The summed E-state index contributed by atoms with van der Waals surface area (Å²) in [7, 11) is 0. The Kier molecular flexibility index (Phi) is 4.04. The Morgan fingerprint density at radius 3 is 3.00 bits per heavy atom. The Morgan fingerprint density at radius 2 is 2.24 bits per heavy atom. The maximum Gasteiger partial charge on any atom is 0.149 e. The van der Waals surface area contributed by atoms with Crippen LogP contribution in [0, 0.1) is 5.82 Å². The van der Waals surface area contributed by atoms with E-state index >= 15 is 0 Å². The van der Waals surface area contributed by atoms with Gasteiger partial charge in [-0.2, -0.15) is 0 Å². The smallest absolute Gasteiger partial charge is 0.149 e. The van der Waals surface area contributed by atoms with E-state index < -0.39 is 5.82 Å². The van der Waals surface area contributed by atoms with E-state index in [-0.39, 0.29) is 5.02 Å². The number of aromatic nitrogens is 2. The van der Waals surface area contributed by atoms with Gasteiger partial charge in [0.1, 0.15) is 15.8 Å².